The van der Waals surface area contributed by atoms with Crippen LogP contribution in [0.2, 0.25) is 5.02 Å². The van der Waals surface area contributed by atoms with Gasteiger partial charge in [-0.3, -0.25) is 0 Å². The van der Waals surface area contributed by atoms with Gasteiger partial charge in [0.1, 0.15) is 0 Å². The van der Waals surface area contributed by atoms with Gasteiger partial charge < -0.3 is 14.8 Å². The van der Waals surface area contributed by atoms with E-state index in [0.717, 1.165) is 32.2 Å². The Bertz CT molecular complexity index is 629. The number of anilines is 1. The normalized spacial score (nSPS) is 10.6. The van der Waals surface area contributed by atoms with Crippen molar-refractivity contribution < 1.29 is 9.47 Å². The van der Waals surface area contributed by atoms with E-state index >= 15 is 0 Å². The van der Waals surface area contributed by atoms with Gasteiger partial charge in [-0.15, -0.1) is 0 Å². The topological polar surface area (TPSA) is 30.5 Å². The highest BCUT2D eigenvalue weighted by atomic mass is 79.9. The second-order valence-corrected chi connectivity index (χ2v) is 6.48. The number of rotatable bonds is 6. The summed E-state index contributed by atoms with van der Waals surface area (Å²) in [6.45, 7) is 4.62. The quantitative estimate of drug-likeness (QED) is 0.712. The molecule has 0 atom stereocenters. The van der Waals surface area contributed by atoms with Crippen LogP contribution in [0.25, 0.3) is 0 Å². The number of nitrogens with one attached hydrogen (secondary N) is 1. The summed E-state index contributed by atoms with van der Waals surface area (Å²) >= 11 is 9.41. The molecule has 0 aliphatic heterocycles. The van der Waals surface area contributed by atoms with Gasteiger partial charge in [-0.1, -0.05) is 27.5 Å². The summed E-state index contributed by atoms with van der Waals surface area (Å²) < 4.78 is 12.3. The Labute approximate surface area is 144 Å². The van der Waals surface area contributed by atoms with E-state index in [0.29, 0.717) is 6.54 Å². The zero-order chi connectivity index (χ0) is 16.1. The fourth-order valence-electron chi connectivity index (χ4n) is 2.04. The first kappa shape index (κ1) is 17.0. The van der Waals surface area contributed by atoms with Crippen molar-refractivity contribution in [3.8, 4) is 11.5 Å². The summed E-state index contributed by atoms with van der Waals surface area (Å²) in [7, 11) is 1.64. The van der Waals surface area contributed by atoms with Crippen molar-refractivity contribution in [2.24, 2.45) is 0 Å². The van der Waals surface area contributed by atoms with Crippen molar-refractivity contribution in [1.82, 2.24) is 0 Å². The molecule has 0 unspecified atom stereocenters. The molecule has 0 aliphatic carbocycles. The maximum Gasteiger partial charge on any atom is 0.166 e. The van der Waals surface area contributed by atoms with Crippen LogP contribution in [-0.4, -0.2) is 13.2 Å². The zero-order valence-corrected chi connectivity index (χ0v) is 15.2. The van der Waals surface area contributed by atoms with Crippen LogP contribution in [0.3, 0.4) is 0 Å². The number of halogens is 2. The minimum absolute atomic E-state index is 0.0735. The Morgan fingerprint density at radius 1 is 1.18 bits per heavy atom. The van der Waals surface area contributed by atoms with Crippen molar-refractivity contribution >= 4 is 33.2 Å². The Morgan fingerprint density at radius 3 is 2.45 bits per heavy atom. The van der Waals surface area contributed by atoms with Crippen LogP contribution < -0.4 is 14.8 Å². The van der Waals surface area contributed by atoms with Gasteiger partial charge in [-0.25, -0.2) is 0 Å². The summed E-state index contributed by atoms with van der Waals surface area (Å²) in [6.07, 6.45) is 0.0735. The molecule has 0 bridgehead atoms. The summed E-state index contributed by atoms with van der Waals surface area (Å²) in [5.41, 5.74) is 2.02. The molecule has 22 heavy (non-hydrogen) atoms. The molecule has 0 radical (unpaired) electrons. The molecule has 2 rings (SSSR count). The molecule has 0 aromatic heterocycles. The average Bonchev–Trinajstić information content (AvgIpc) is 2.48. The highest BCUT2D eigenvalue weighted by Gasteiger charge is 2.14. The van der Waals surface area contributed by atoms with E-state index < -0.39 is 0 Å². The predicted molar refractivity (Wildman–Crippen MR) is 95.2 cm³/mol. The number of ether oxygens (including phenoxy) is 2. The molecule has 3 nitrogen and oxygen atoms in total. The fraction of sp³-hybridized carbons (Fsp3) is 0.294. The van der Waals surface area contributed by atoms with Gasteiger partial charge >= 0.3 is 0 Å². The second-order valence-electron chi connectivity index (χ2n) is 5.12. The van der Waals surface area contributed by atoms with Crippen LogP contribution >= 0.6 is 27.5 Å². The van der Waals surface area contributed by atoms with E-state index in [2.05, 4.69) is 21.2 Å². The molecule has 0 spiro atoms. The smallest absolute Gasteiger partial charge is 0.166 e. The molecule has 1 N–H and O–H groups in total. The Kier molecular flexibility index (Phi) is 5.98. The number of hydrogen-bond donors (Lipinski definition) is 1. The van der Waals surface area contributed by atoms with Crippen LogP contribution in [0.15, 0.2) is 40.9 Å². The summed E-state index contributed by atoms with van der Waals surface area (Å²) in [5, 5.41) is 4.09. The molecular weight excluding hydrogens is 366 g/mol. The number of hydrogen-bond acceptors (Lipinski definition) is 3. The highest BCUT2D eigenvalue weighted by Crippen LogP contribution is 2.36. The maximum absolute atomic E-state index is 5.92. The zero-order valence-electron chi connectivity index (χ0n) is 12.8. The Hall–Kier alpha value is -1.39. The molecule has 0 fully saturated rings. The molecule has 0 amide bonds. The van der Waals surface area contributed by atoms with Crippen LogP contribution in [-0.2, 0) is 6.54 Å². The highest BCUT2D eigenvalue weighted by molar-refractivity contribution is 9.10. The second kappa shape index (κ2) is 7.75. The largest absolute Gasteiger partial charge is 0.493 e. The molecule has 0 aliphatic rings. The van der Waals surface area contributed by atoms with Crippen LogP contribution in [0.1, 0.15) is 19.4 Å². The lowest BCUT2D eigenvalue weighted by Crippen LogP contribution is -2.10. The molecule has 0 saturated heterocycles. The third-order valence-corrected chi connectivity index (χ3v) is 3.71. The van der Waals surface area contributed by atoms with Crippen molar-refractivity contribution in [1.29, 1.82) is 0 Å². The Morgan fingerprint density at radius 2 is 1.86 bits per heavy atom. The predicted octanol–water partition coefficient (Wildman–Crippen LogP) is 5.51. The Balaban J connectivity index is 2.24. The van der Waals surface area contributed by atoms with Gasteiger partial charge in [0, 0.05) is 27.3 Å². The van der Waals surface area contributed by atoms with Gasteiger partial charge in [0.05, 0.1) is 13.2 Å². The SMILES string of the molecule is COc1cc(Br)cc(CNc2ccc(Cl)cc2)c1OC(C)C. The van der Waals surface area contributed by atoms with E-state index in [9.17, 15) is 0 Å². The van der Waals surface area contributed by atoms with Crippen molar-refractivity contribution in [3.63, 3.8) is 0 Å². The van der Waals surface area contributed by atoms with Crippen molar-refractivity contribution in [2.75, 3.05) is 12.4 Å². The molecule has 2 aromatic rings. The third kappa shape index (κ3) is 4.55. The number of methoxy groups -OCH3 is 1. The van der Waals surface area contributed by atoms with Gasteiger partial charge in [-0.2, -0.15) is 0 Å². The first-order valence-electron chi connectivity index (χ1n) is 7.02. The van der Waals surface area contributed by atoms with Crippen molar-refractivity contribution in [3.05, 3.63) is 51.5 Å². The third-order valence-electron chi connectivity index (χ3n) is 3.00. The summed E-state index contributed by atoms with van der Waals surface area (Å²) in [5.74, 6) is 1.48. The van der Waals surface area contributed by atoms with Crippen LogP contribution in [0.4, 0.5) is 5.69 Å². The van der Waals surface area contributed by atoms with Crippen LogP contribution in [0, 0.1) is 0 Å². The molecule has 0 saturated carbocycles. The van der Waals surface area contributed by atoms with E-state index in [1.807, 2.05) is 50.2 Å². The number of benzene rings is 2. The lowest BCUT2D eigenvalue weighted by atomic mass is 10.1. The average molecular weight is 385 g/mol. The summed E-state index contributed by atoms with van der Waals surface area (Å²) in [6, 6.07) is 11.5. The maximum atomic E-state index is 5.92. The summed E-state index contributed by atoms with van der Waals surface area (Å²) in [4.78, 5) is 0. The van der Waals surface area contributed by atoms with Crippen LogP contribution in [0.5, 0.6) is 11.5 Å². The molecule has 0 heterocycles. The van der Waals surface area contributed by atoms with Gasteiger partial charge in [0.15, 0.2) is 11.5 Å². The molecule has 118 valence electrons. The van der Waals surface area contributed by atoms with E-state index in [1.54, 1.807) is 7.11 Å². The lowest BCUT2D eigenvalue weighted by molar-refractivity contribution is 0.228. The van der Waals surface area contributed by atoms with E-state index in [-0.39, 0.29) is 6.10 Å². The van der Waals surface area contributed by atoms with Crippen molar-refractivity contribution in [2.45, 2.75) is 26.5 Å². The fourth-order valence-corrected chi connectivity index (χ4v) is 2.65. The lowest BCUT2D eigenvalue weighted by Gasteiger charge is -2.18. The molecule has 2 aromatic carbocycles. The molecular formula is C17H19BrClNO2. The minimum Gasteiger partial charge on any atom is -0.493 e. The van der Waals surface area contributed by atoms with E-state index in [4.69, 9.17) is 21.1 Å². The molecule has 5 heteroatoms. The van der Waals surface area contributed by atoms with Gasteiger partial charge in [-0.05, 0) is 50.2 Å². The minimum atomic E-state index is 0.0735. The monoisotopic (exact) mass is 383 g/mol. The first-order valence-corrected chi connectivity index (χ1v) is 8.19. The van der Waals surface area contributed by atoms with Gasteiger partial charge in [0.25, 0.3) is 0 Å². The van der Waals surface area contributed by atoms with E-state index in [1.165, 1.54) is 0 Å². The first-order chi connectivity index (χ1) is 10.5. The van der Waals surface area contributed by atoms with Gasteiger partial charge in [0.2, 0.25) is 0 Å². The standard InChI is InChI=1S/C17H19BrClNO2/c1-11(2)22-17-12(8-13(18)9-16(17)21-3)10-20-15-6-4-14(19)5-7-15/h4-9,11,20H,10H2,1-3H3.